The monoisotopic (exact) mass is 525 g/mol. The number of amides is 2. The molecule has 1 fully saturated rings. The fourth-order valence-corrected chi connectivity index (χ4v) is 4.90. The van der Waals surface area contributed by atoms with Gasteiger partial charge in [-0.3, -0.25) is 0 Å². The number of hydrogen-bond acceptors (Lipinski definition) is 4. The van der Waals surface area contributed by atoms with Gasteiger partial charge in [0.25, 0.3) is 0 Å². The summed E-state index contributed by atoms with van der Waals surface area (Å²) in [5, 5.41) is 7.95. The Kier molecular flexibility index (Phi) is 6.47. The number of rotatable bonds is 5. The van der Waals surface area contributed by atoms with E-state index in [1.807, 2.05) is 27.9 Å². The molecule has 8 nitrogen and oxygen atoms in total. The van der Waals surface area contributed by atoms with Gasteiger partial charge in [0.2, 0.25) is 0 Å². The highest BCUT2D eigenvalue weighted by atomic mass is 35.5. The van der Waals surface area contributed by atoms with Gasteiger partial charge in [-0.15, -0.1) is 0 Å². The number of aryl methyl sites for hydroxylation is 1. The molecular weight excluding hydrogens is 498 g/mol. The fraction of sp³-hybridized carbons (Fsp3) is 0.207. The van der Waals surface area contributed by atoms with Gasteiger partial charge in [0, 0.05) is 37.4 Å². The van der Waals surface area contributed by atoms with E-state index in [2.05, 4.69) is 75.8 Å². The third-order valence-electron chi connectivity index (χ3n) is 6.92. The van der Waals surface area contributed by atoms with Crippen LogP contribution in [0.2, 0.25) is 5.02 Å². The number of carbonyl (C=O) groups is 1. The second-order valence-electron chi connectivity index (χ2n) is 9.54. The first kappa shape index (κ1) is 24.1. The standard InChI is InChI=1S/C29H28ClN7O/c1-20-6-8-21(9-7-20)19-37-28-26(18-31-37)32-27(34-28)22-10-12-23(13-11-22)35-14-16-36(17-15-35)29(38)33-25-5-3-2-4-24(25)30/h2-13,18H,14-17,19H2,1H3,(H,32,34)(H,33,38). The number of nitrogens with one attached hydrogen (secondary N) is 2. The smallest absolute Gasteiger partial charge is 0.322 e. The lowest BCUT2D eigenvalue weighted by molar-refractivity contribution is 0.208. The van der Waals surface area contributed by atoms with Crippen molar-refractivity contribution in [1.29, 1.82) is 0 Å². The summed E-state index contributed by atoms with van der Waals surface area (Å²) in [7, 11) is 0. The Bertz CT molecular complexity index is 1570. The number of hydrogen-bond donors (Lipinski definition) is 2. The van der Waals surface area contributed by atoms with Crippen LogP contribution in [0.1, 0.15) is 11.1 Å². The summed E-state index contributed by atoms with van der Waals surface area (Å²) < 4.78 is 1.93. The normalized spacial score (nSPS) is 13.7. The van der Waals surface area contributed by atoms with Crippen LogP contribution in [0.15, 0.2) is 79.0 Å². The zero-order valence-electron chi connectivity index (χ0n) is 21.1. The van der Waals surface area contributed by atoms with E-state index in [1.54, 1.807) is 12.1 Å². The predicted molar refractivity (Wildman–Crippen MR) is 152 cm³/mol. The predicted octanol–water partition coefficient (Wildman–Crippen LogP) is 5.79. The Morgan fingerprint density at radius 3 is 2.45 bits per heavy atom. The van der Waals surface area contributed by atoms with E-state index in [-0.39, 0.29) is 6.03 Å². The molecule has 3 aromatic carbocycles. The lowest BCUT2D eigenvalue weighted by Gasteiger charge is -2.36. The molecule has 0 atom stereocenters. The van der Waals surface area contributed by atoms with E-state index in [0.29, 0.717) is 30.3 Å². The molecule has 1 saturated heterocycles. The van der Waals surface area contributed by atoms with Crippen molar-refractivity contribution in [3.05, 3.63) is 95.1 Å². The van der Waals surface area contributed by atoms with Crippen molar-refractivity contribution in [3.8, 4) is 11.4 Å². The van der Waals surface area contributed by atoms with Crippen LogP contribution in [-0.2, 0) is 6.54 Å². The Morgan fingerprint density at radius 1 is 0.974 bits per heavy atom. The van der Waals surface area contributed by atoms with Crippen LogP contribution in [0.5, 0.6) is 0 Å². The number of aromatic nitrogens is 4. The third-order valence-corrected chi connectivity index (χ3v) is 7.25. The summed E-state index contributed by atoms with van der Waals surface area (Å²) in [5.74, 6) is 0.822. The molecule has 0 bridgehead atoms. The first-order valence-corrected chi connectivity index (χ1v) is 13.0. The van der Waals surface area contributed by atoms with Crippen LogP contribution < -0.4 is 10.2 Å². The SMILES string of the molecule is Cc1ccc(Cn2ncc3[nH]c(-c4ccc(N5CCN(C(=O)Nc6ccccc6Cl)CC5)cc4)nc32)cc1. The van der Waals surface area contributed by atoms with E-state index in [9.17, 15) is 4.79 Å². The van der Waals surface area contributed by atoms with Crippen LogP contribution in [0.25, 0.3) is 22.6 Å². The molecule has 0 spiro atoms. The molecule has 0 saturated carbocycles. The minimum absolute atomic E-state index is 0.126. The molecule has 3 heterocycles. The molecule has 5 aromatic rings. The van der Waals surface area contributed by atoms with Gasteiger partial charge >= 0.3 is 6.03 Å². The highest BCUT2D eigenvalue weighted by Gasteiger charge is 2.22. The number of anilines is 2. The molecule has 192 valence electrons. The van der Waals surface area contributed by atoms with Crippen LogP contribution in [0.3, 0.4) is 0 Å². The molecule has 0 radical (unpaired) electrons. The number of fused-ring (bicyclic) bond motifs is 1. The molecule has 1 aliphatic rings. The van der Waals surface area contributed by atoms with E-state index in [0.717, 1.165) is 41.3 Å². The van der Waals surface area contributed by atoms with Crippen LogP contribution >= 0.6 is 11.6 Å². The zero-order chi connectivity index (χ0) is 26.1. The molecule has 2 amide bonds. The summed E-state index contributed by atoms with van der Waals surface area (Å²) in [5.41, 5.74) is 6.97. The van der Waals surface area contributed by atoms with Gasteiger partial charge in [0.1, 0.15) is 11.3 Å². The number of urea groups is 1. The number of piperazine rings is 1. The van der Waals surface area contributed by atoms with Crippen LogP contribution in [0, 0.1) is 6.92 Å². The van der Waals surface area contributed by atoms with E-state index < -0.39 is 0 Å². The van der Waals surface area contributed by atoms with Crippen molar-refractivity contribution >= 4 is 40.2 Å². The van der Waals surface area contributed by atoms with Crippen molar-refractivity contribution in [2.75, 3.05) is 36.4 Å². The van der Waals surface area contributed by atoms with Crippen molar-refractivity contribution in [3.63, 3.8) is 0 Å². The summed E-state index contributed by atoms with van der Waals surface area (Å²) in [6, 6.07) is 24.0. The van der Waals surface area contributed by atoms with Gasteiger partial charge in [-0.1, -0.05) is 53.6 Å². The first-order valence-electron chi connectivity index (χ1n) is 12.7. The highest BCUT2D eigenvalue weighted by Crippen LogP contribution is 2.25. The quantitative estimate of drug-likeness (QED) is 0.304. The first-order chi connectivity index (χ1) is 18.5. The second kappa shape index (κ2) is 10.2. The van der Waals surface area contributed by atoms with Gasteiger partial charge in [0.15, 0.2) is 5.65 Å². The van der Waals surface area contributed by atoms with Gasteiger partial charge in [-0.2, -0.15) is 5.10 Å². The zero-order valence-corrected chi connectivity index (χ0v) is 21.8. The average Bonchev–Trinajstić information content (AvgIpc) is 3.53. The van der Waals surface area contributed by atoms with E-state index in [4.69, 9.17) is 16.6 Å². The Labute approximate surface area is 225 Å². The molecule has 2 aromatic heterocycles. The fourth-order valence-electron chi connectivity index (χ4n) is 4.72. The Balaban J connectivity index is 1.09. The number of benzene rings is 3. The number of halogens is 1. The second-order valence-corrected chi connectivity index (χ2v) is 9.95. The van der Waals surface area contributed by atoms with Gasteiger partial charge in [-0.25, -0.2) is 14.5 Å². The lowest BCUT2D eigenvalue weighted by atomic mass is 10.1. The van der Waals surface area contributed by atoms with E-state index in [1.165, 1.54) is 11.1 Å². The molecular formula is C29H28ClN7O. The summed E-state index contributed by atoms with van der Waals surface area (Å²) in [6.07, 6.45) is 1.83. The number of aromatic amines is 1. The van der Waals surface area contributed by atoms with Gasteiger partial charge < -0.3 is 20.1 Å². The maximum absolute atomic E-state index is 12.7. The maximum Gasteiger partial charge on any atom is 0.322 e. The molecule has 9 heteroatoms. The Hall–Kier alpha value is -4.30. The minimum atomic E-state index is -0.126. The number of para-hydroxylation sites is 1. The summed E-state index contributed by atoms with van der Waals surface area (Å²) in [6.45, 7) is 5.56. The van der Waals surface area contributed by atoms with E-state index >= 15 is 0 Å². The third kappa shape index (κ3) is 4.95. The number of imidazole rings is 1. The maximum atomic E-state index is 12.7. The van der Waals surface area contributed by atoms with Crippen molar-refractivity contribution in [1.82, 2.24) is 24.6 Å². The Morgan fingerprint density at radius 2 is 1.71 bits per heavy atom. The highest BCUT2D eigenvalue weighted by molar-refractivity contribution is 6.33. The topological polar surface area (TPSA) is 82.1 Å². The van der Waals surface area contributed by atoms with Gasteiger partial charge in [-0.05, 0) is 48.9 Å². The van der Waals surface area contributed by atoms with Crippen molar-refractivity contribution in [2.45, 2.75) is 13.5 Å². The molecule has 38 heavy (non-hydrogen) atoms. The minimum Gasteiger partial charge on any atom is -0.368 e. The van der Waals surface area contributed by atoms with Crippen molar-refractivity contribution in [2.24, 2.45) is 0 Å². The summed E-state index contributed by atoms with van der Waals surface area (Å²) >= 11 is 6.18. The summed E-state index contributed by atoms with van der Waals surface area (Å²) in [4.78, 5) is 25.0. The number of nitrogens with zero attached hydrogens (tertiary/aromatic N) is 5. The molecule has 6 rings (SSSR count). The molecule has 2 N–H and O–H groups in total. The van der Waals surface area contributed by atoms with Crippen LogP contribution in [0.4, 0.5) is 16.2 Å². The molecule has 0 aliphatic carbocycles. The number of carbonyl (C=O) groups excluding carboxylic acids is 1. The van der Waals surface area contributed by atoms with Crippen LogP contribution in [-0.4, -0.2) is 56.9 Å². The van der Waals surface area contributed by atoms with Gasteiger partial charge in [0.05, 0.1) is 23.5 Å². The molecule has 0 unspecified atom stereocenters. The molecule has 1 aliphatic heterocycles. The van der Waals surface area contributed by atoms with Crippen molar-refractivity contribution < 1.29 is 4.79 Å². The average molecular weight is 526 g/mol. The largest absolute Gasteiger partial charge is 0.368 e. The number of H-pyrrole nitrogens is 1. The lowest BCUT2D eigenvalue weighted by Crippen LogP contribution is -2.50.